The summed E-state index contributed by atoms with van der Waals surface area (Å²) in [7, 11) is 1.55. The van der Waals surface area contributed by atoms with Crippen molar-refractivity contribution in [2.45, 2.75) is 0 Å². The number of aliphatic imine (C=N–C) groups is 1. The predicted octanol–water partition coefficient (Wildman–Crippen LogP) is 4.33. The van der Waals surface area contributed by atoms with E-state index in [1.54, 1.807) is 7.11 Å². The second-order valence-electron chi connectivity index (χ2n) is 3.75. The number of hydroxylamine groups is 1. The lowest BCUT2D eigenvalue weighted by atomic mass is 10.2. The number of rotatable bonds is 3. The summed E-state index contributed by atoms with van der Waals surface area (Å²) in [6.07, 6.45) is 0. The first-order valence-electron chi connectivity index (χ1n) is 5.58. The van der Waals surface area contributed by atoms with Crippen molar-refractivity contribution in [2.24, 2.45) is 4.99 Å². The van der Waals surface area contributed by atoms with Crippen LogP contribution in [0.15, 0.2) is 58.0 Å². The lowest BCUT2D eigenvalue weighted by Gasteiger charge is -2.08. The van der Waals surface area contributed by atoms with E-state index in [2.05, 4.69) is 26.4 Å². The lowest BCUT2D eigenvalue weighted by molar-refractivity contribution is 0.145. The van der Waals surface area contributed by atoms with E-state index in [4.69, 9.17) is 16.4 Å². The van der Waals surface area contributed by atoms with Gasteiger partial charge in [0.05, 0.1) is 12.8 Å². The number of hydrogen-bond acceptors (Lipinski definition) is 2. The third-order valence-corrected chi connectivity index (χ3v) is 3.16. The Kier molecular flexibility index (Phi) is 4.96. The molecule has 0 radical (unpaired) electrons. The molecule has 0 atom stereocenters. The van der Waals surface area contributed by atoms with E-state index in [-0.39, 0.29) is 0 Å². The molecule has 0 unspecified atom stereocenters. The number of hydrogen-bond donors (Lipinski definition) is 1. The molecule has 0 heterocycles. The van der Waals surface area contributed by atoms with Crippen LogP contribution in [0.5, 0.6) is 0 Å². The van der Waals surface area contributed by atoms with Crippen molar-refractivity contribution in [1.29, 1.82) is 0 Å². The fourth-order valence-corrected chi connectivity index (χ4v) is 1.89. The fourth-order valence-electron chi connectivity index (χ4n) is 1.50. The molecule has 0 bridgehead atoms. The van der Waals surface area contributed by atoms with Gasteiger partial charge in [-0.2, -0.15) is 0 Å². The van der Waals surface area contributed by atoms with Crippen LogP contribution in [0.2, 0.25) is 5.02 Å². The second kappa shape index (κ2) is 6.70. The number of halogens is 2. The molecule has 5 heteroatoms. The summed E-state index contributed by atoms with van der Waals surface area (Å²) in [6, 6.07) is 15.1. The van der Waals surface area contributed by atoms with Crippen LogP contribution in [0.1, 0.15) is 5.56 Å². The standard InChI is InChI=1S/C14H12BrClN2O/c1-19-18-14(10-2-6-12(16)7-3-10)17-13-8-4-11(15)5-9-13/h2-9H,1H3,(H,17,18). The Morgan fingerprint density at radius 2 is 1.74 bits per heavy atom. The Labute approximate surface area is 125 Å². The first kappa shape index (κ1) is 14.1. The molecule has 0 fully saturated rings. The molecule has 19 heavy (non-hydrogen) atoms. The highest BCUT2D eigenvalue weighted by atomic mass is 79.9. The van der Waals surface area contributed by atoms with Crippen LogP contribution in [-0.4, -0.2) is 12.9 Å². The summed E-state index contributed by atoms with van der Waals surface area (Å²) in [5.74, 6) is 0.626. The molecular weight excluding hydrogens is 328 g/mol. The minimum absolute atomic E-state index is 0.626. The zero-order valence-electron chi connectivity index (χ0n) is 10.2. The molecule has 3 nitrogen and oxygen atoms in total. The highest BCUT2D eigenvalue weighted by molar-refractivity contribution is 9.10. The third kappa shape index (κ3) is 4.06. The smallest absolute Gasteiger partial charge is 0.157 e. The molecule has 1 N–H and O–H groups in total. The maximum absolute atomic E-state index is 5.87. The molecule has 2 aromatic carbocycles. The van der Waals surface area contributed by atoms with Gasteiger partial charge in [0.2, 0.25) is 0 Å². The summed E-state index contributed by atoms with van der Waals surface area (Å²) in [4.78, 5) is 9.47. The van der Waals surface area contributed by atoms with Crippen molar-refractivity contribution in [1.82, 2.24) is 5.48 Å². The molecule has 0 amide bonds. The van der Waals surface area contributed by atoms with Crippen LogP contribution in [0, 0.1) is 0 Å². The van der Waals surface area contributed by atoms with Crippen LogP contribution in [0.25, 0.3) is 0 Å². The van der Waals surface area contributed by atoms with E-state index in [9.17, 15) is 0 Å². The van der Waals surface area contributed by atoms with Gasteiger partial charge in [-0.25, -0.2) is 10.5 Å². The van der Waals surface area contributed by atoms with Gasteiger partial charge in [-0.3, -0.25) is 4.84 Å². The Morgan fingerprint density at radius 3 is 2.32 bits per heavy atom. The molecule has 2 rings (SSSR count). The molecular formula is C14H12BrClN2O. The second-order valence-corrected chi connectivity index (χ2v) is 5.10. The van der Waals surface area contributed by atoms with E-state index >= 15 is 0 Å². The average molecular weight is 340 g/mol. The zero-order valence-corrected chi connectivity index (χ0v) is 12.6. The van der Waals surface area contributed by atoms with Crippen LogP contribution in [0.3, 0.4) is 0 Å². The Balaban J connectivity index is 2.33. The predicted molar refractivity (Wildman–Crippen MR) is 81.9 cm³/mol. The molecule has 0 spiro atoms. The largest absolute Gasteiger partial charge is 0.278 e. The summed E-state index contributed by atoms with van der Waals surface area (Å²) >= 11 is 9.27. The fraction of sp³-hybridized carbons (Fsp3) is 0.0714. The molecule has 0 aliphatic rings. The van der Waals surface area contributed by atoms with E-state index in [1.165, 1.54) is 0 Å². The molecule has 2 aromatic rings. The van der Waals surface area contributed by atoms with Gasteiger partial charge in [0.25, 0.3) is 0 Å². The van der Waals surface area contributed by atoms with Gasteiger partial charge in [0.1, 0.15) is 0 Å². The van der Waals surface area contributed by atoms with E-state index < -0.39 is 0 Å². The molecule has 0 aliphatic heterocycles. The van der Waals surface area contributed by atoms with Crippen LogP contribution < -0.4 is 5.48 Å². The van der Waals surface area contributed by atoms with Crippen LogP contribution >= 0.6 is 27.5 Å². The summed E-state index contributed by atoms with van der Waals surface area (Å²) in [5, 5.41) is 0.684. The summed E-state index contributed by atoms with van der Waals surface area (Å²) < 4.78 is 1.01. The highest BCUT2D eigenvalue weighted by Gasteiger charge is 2.03. The quantitative estimate of drug-likeness (QED) is 0.513. The van der Waals surface area contributed by atoms with Gasteiger partial charge in [-0.1, -0.05) is 27.5 Å². The van der Waals surface area contributed by atoms with E-state index in [0.717, 1.165) is 15.7 Å². The van der Waals surface area contributed by atoms with Crippen molar-refractivity contribution in [3.05, 3.63) is 63.6 Å². The Bertz CT molecular complexity index is 567. The monoisotopic (exact) mass is 338 g/mol. The van der Waals surface area contributed by atoms with Crippen LogP contribution in [-0.2, 0) is 4.84 Å². The molecule has 0 aliphatic carbocycles. The van der Waals surface area contributed by atoms with Crippen molar-refractivity contribution in [2.75, 3.05) is 7.11 Å². The van der Waals surface area contributed by atoms with Gasteiger partial charge in [0.15, 0.2) is 5.84 Å². The Hall–Kier alpha value is -1.36. The van der Waals surface area contributed by atoms with Gasteiger partial charge in [0, 0.05) is 15.1 Å². The lowest BCUT2D eigenvalue weighted by Crippen LogP contribution is -2.22. The topological polar surface area (TPSA) is 33.6 Å². The minimum atomic E-state index is 0.626. The minimum Gasteiger partial charge on any atom is -0.278 e. The average Bonchev–Trinajstić information content (AvgIpc) is 2.42. The number of nitrogens with one attached hydrogen (secondary N) is 1. The van der Waals surface area contributed by atoms with Crippen molar-refractivity contribution < 1.29 is 4.84 Å². The van der Waals surface area contributed by atoms with Crippen molar-refractivity contribution >= 4 is 39.1 Å². The molecule has 0 saturated heterocycles. The number of nitrogens with zero attached hydrogens (tertiary/aromatic N) is 1. The zero-order chi connectivity index (χ0) is 13.7. The first-order valence-corrected chi connectivity index (χ1v) is 6.75. The van der Waals surface area contributed by atoms with E-state index in [1.807, 2.05) is 48.5 Å². The third-order valence-electron chi connectivity index (χ3n) is 2.38. The molecule has 0 saturated carbocycles. The maximum atomic E-state index is 5.87. The number of amidine groups is 1. The molecule has 0 aromatic heterocycles. The number of benzene rings is 2. The summed E-state index contributed by atoms with van der Waals surface area (Å²) in [6.45, 7) is 0. The Morgan fingerprint density at radius 1 is 1.11 bits per heavy atom. The molecule has 98 valence electrons. The normalized spacial score (nSPS) is 11.4. The van der Waals surface area contributed by atoms with Gasteiger partial charge in [-0.15, -0.1) is 0 Å². The first-order chi connectivity index (χ1) is 9.19. The highest BCUT2D eigenvalue weighted by Crippen LogP contribution is 2.18. The van der Waals surface area contributed by atoms with Gasteiger partial charge >= 0.3 is 0 Å². The van der Waals surface area contributed by atoms with E-state index in [0.29, 0.717) is 10.9 Å². The SMILES string of the molecule is CONC(=Nc1ccc(Br)cc1)c1ccc(Cl)cc1. The maximum Gasteiger partial charge on any atom is 0.157 e. The van der Waals surface area contributed by atoms with Crippen molar-refractivity contribution in [3.63, 3.8) is 0 Å². The summed E-state index contributed by atoms with van der Waals surface area (Å²) in [5.41, 5.74) is 4.51. The van der Waals surface area contributed by atoms with Gasteiger partial charge < -0.3 is 0 Å². The van der Waals surface area contributed by atoms with Crippen LogP contribution in [0.4, 0.5) is 5.69 Å². The van der Waals surface area contributed by atoms with Crippen molar-refractivity contribution in [3.8, 4) is 0 Å². The van der Waals surface area contributed by atoms with Gasteiger partial charge in [-0.05, 0) is 48.5 Å².